The minimum Gasteiger partial charge on any atom is -0.481 e. The van der Waals surface area contributed by atoms with Crippen LogP contribution in [0.15, 0.2) is 89.5 Å². The van der Waals surface area contributed by atoms with Gasteiger partial charge in [-0.2, -0.15) is 13.0 Å². The minimum absolute atomic E-state index is 0.0985. The molecule has 5 rings (SSSR count). The Hall–Kier alpha value is -4.54. The molecule has 0 saturated carbocycles. The highest BCUT2D eigenvalue weighted by Crippen LogP contribution is 2.49. The fraction of sp³-hybridized carbons (Fsp3) is 0.342. The van der Waals surface area contributed by atoms with Crippen LogP contribution in [0.2, 0.25) is 0 Å². The Morgan fingerprint density at radius 1 is 0.896 bits per heavy atom. The van der Waals surface area contributed by atoms with Crippen molar-refractivity contribution >= 4 is 44.7 Å². The molecule has 0 aromatic heterocycles. The number of benzene rings is 3. The summed E-state index contributed by atoms with van der Waals surface area (Å²) in [5.74, 6) is -1.25. The van der Waals surface area contributed by atoms with Crippen molar-refractivity contribution in [2.45, 2.75) is 69.1 Å². The summed E-state index contributed by atoms with van der Waals surface area (Å²) >= 11 is 0. The molecule has 252 valence electrons. The predicted molar refractivity (Wildman–Crippen MR) is 187 cm³/mol. The van der Waals surface area contributed by atoms with Crippen molar-refractivity contribution in [1.29, 1.82) is 0 Å². The summed E-state index contributed by atoms with van der Waals surface area (Å²) in [5, 5.41) is 9.13. The number of carbonyl (C=O) groups is 2. The average molecular weight is 672 g/mol. The molecule has 2 N–H and O–H groups in total. The maximum Gasteiger partial charge on any atom is 0.337 e. The maximum absolute atomic E-state index is 12.3. The first kappa shape index (κ1) is 34.8. The van der Waals surface area contributed by atoms with Crippen LogP contribution in [0.3, 0.4) is 0 Å². The molecule has 0 atom stereocenters. The molecule has 2 aliphatic rings. The lowest BCUT2D eigenvalue weighted by atomic mass is 9.79. The van der Waals surface area contributed by atoms with Gasteiger partial charge in [0.2, 0.25) is 5.69 Å². The maximum atomic E-state index is 12.3. The van der Waals surface area contributed by atoms with Crippen molar-refractivity contribution in [3.05, 3.63) is 107 Å². The summed E-state index contributed by atoms with van der Waals surface area (Å²) in [6.45, 7) is 9.03. The van der Waals surface area contributed by atoms with Crippen molar-refractivity contribution in [3.8, 4) is 0 Å². The van der Waals surface area contributed by atoms with E-state index in [9.17, 15) is 22.6 Å². The first-order valence-electron chi connectivity index (χ1n) is 16.0. The van der Waals surface area contributed by atoms with E-state index in [-0.39, 0.29) is 16.7 Å². The van der Waals surface area contributed by atoms with Crippen molar-refractivity contribution in [3.63, 3.8) is 0 Å². The molecule has 2 aliphatic heterocycles. The van der Waals surface area contributed by atoms with Gasteiger partial charge in [-0.3, -0.25) is 9.35 Å². The van der Waals surface area contributed by atoms with E-state index in [1.807, 2.05) is 38.1 Å². The Morgan fingerprint density at radius 2 is 1.56 bits per heavy atom. The molecular weight excluding hydrogens is 628 g/mol. The Morgan fingerprint density at radius 3 is 2.19 bits per heavy atom. The van der Waals surface area contributed by atoms with Crippen molar-refractivity contribution in [2.24, 2.45) is 0 Å². The summed E-state index contributed by atoms with van der Waals surface area (Å²) in [6.07, 6.45) is 6.38. The largest absolute Gasteiger partial charge is 0.481 e. The quantitative estimate of drug-likeness (QED) is 0.0955. The van der Waals surface area contributed by atoms with Crippen LogP contribution in [0.5, 0.6) is 0 Å². The second-order valence-electron chi connectivity index (χ2n) is 13.4. The summed E-state index contributed by atoms with van der Waals surface area (Å²) in [6, 6.07) is 20.3. The number of carboxylic acids is 1. The number of anilines is 1. The van der Waals surface area contributed by atoms with E-state index in [1.165, 1.54) is 24.8 Å². The van der Waals surface area contributed by atoms with Crippen LogP contribution >= 0.6 is 0 Å². The molecule has 0 aliphatic carbocycles. The Labute approximate surface area is 282 Å². The van der Waals surface area contributed by atoms with Gasteiger partial charge in [0, 0.05) is 47.5 Å². The van der Waals surface area contributed by atoms with E-state index in [4.69, 9.17) is 9.84 Å². The van der Waals surface area contributed by atoms with Gasteiger partial charge in [0.1, 0.15) is 7.05 Å². The van der Waals surface area contributed by atoms with Gasteiger partial charge in [-0.05, 0) is 79.8 Å². The number of para-hydroxylation sites is 1. The number of fused-ring (bicyclic) bond motifs is 2. The lowest BCUT2D eigenvalue weighted by Gasteiger charge is -2.28. The van der Waals surface area contributed by atoms with Crippen LogP contribution in [0.25, 0.3) is 5.57 Å². The van der Waals surface area contributed by atoms with E-state index < -0.39 is 27.5 Å². The number of nitrogens with zero attached hydrogens (tertiary/aromatic N) is 2. The van der Waals surface area contributed by atoms with Gasteiger partial charge in [0.25, 0.3) is 10.1 Å². The molecule has 48 heavy (non-hydrogen) atoms. The lowest BCUT2D eigenvalue weighted by Crippen LogP contribution is -2.28. The van der Waals surface area contributed by atoms with Crippen LogP contribution < -0.4 is 4.90 Å². The third kappa shape index (κ3) is 6.59. The van der Waals surface area contributed by atoms with Crippen LogP contribution in [0.1, 0.15) is 80.4 Å². The lowest BCUT2D eigenvalue weighted by molar-refractivity contribution is -0.401. The predicted octanol–water partition coefficient (Wildman–Crippen LogP) is 7.14. The standard InChI is InChI=1S/C38H42N2O7S/c1-37(2)29-12-9-10-13-31(29)39(5)33(37)22-27(25-15-17-26(18-16-25)36(43)47-6)23-34-38(3,4)30-24-28(48(44,45)46)19-20-32(30)40(34)21-11-7-8-14-35(41)42/h9-10,12-13,15-20,22-24H,7-8,11,14,21H2,1-6H3,(H-,41,42,44,45,46)/p+1. The minimum atomic E-state index is -4.43. The Bertz CT molecular complexity index is 1970. The average Bonchev–Trinajstić information content (AvgIpc) is 3.37. The van der Waals surface area contributed by atoms with Gasteiger partial charge in [0.05, 0.1) is 23.0 Å². The molecule has 0 unspecified atom stereocenters. The molecule has 10 heteroatoms. The SMILES string of the molecule is COC(=O)c1ccc(C(=CC2=[N+](C)c3ccccc3C2(C)C)C=C2N(CCCCCC(=O)O)c3ccc(S(=O)(=O)O)cc3C2(C)C)cc1. The number of aliphatic carboxylic acids is 1. The van der Waals surface area contributed by atoms with Gasteiger partial charge in [0.15, 0.2) is 5.71 Å². The number of hydrogen-bond donors (Lipinski definition) is 2. The molecule has 0 radical (unpaired) electrons. The molecule has 3 aromatic rings. The normalized spacial score (nSPS) is 17.4. The zero-order valence-electron chi connectivity index (χ0n) is 28.3. The smallest absolute Gasteiger partial charge is 0.337 e. The van der Waals surface area contributed by atoms with E-state index in [0.717, 1.165) is 45.9 Å². The second-order valence-corrected chi connectivity index (χ2v) is 14.8. The summed E-state index contributed by atoms with van der Waals surface area (Å²) in [7, 11) is -1.03. The highest BCUT2D eigenvalue weighted by atomic mass is 32.2. The highest BCUT2D eigenvalue weighted by Gasteiger charge is 2.44. The number of methoxy groups -OCH3 is 1. The number of carbonyl (C=O) groups excluding carboxylic acids is 1. The van der Waals surface area contributed by atoms with Crippen LogP contribution in [-0.4, -0.2) is 61.0 Å². The number of esters is 1. The zero-order chi connectivity index (χ0) is 35.0. The number of ether oxygens (including phenoxy) is 1. The van der Waals surface area contributed by atoms with Gasteiger partial charge in [-0.15, -0.1) is 0 Å². The zero-order valence-corrected chi connectivity index (χ0v) is 29.1. The molecule has 0 saturated heterocycles. The molecule has 0 amide bonds. The van der Waals surface area contributed by atoms with Crippen LogP contribution in [0, 0.1) is 0 Å². The van der Waals surface area contributed by atoms with Crippen molar-refractivity contribution in [2.75, 3.05) is 25.6 Å². The van der Waals surface area contributed by atoms with Gasteiger partial charge in [-0.25, -0.2) is 4.79 Å². The van der Waals surface area contributed by atoms with Crippen LogP contribution in [-0.2, 0) is 30.5 Å². The fourth-order valence-electron chi connectivity index (χ4n) is 6.92. The number of unbranched alkanes of at least 4 members (excludes halogenated alkanes) is 2. The van der Waals surface area contributed by atoms with Crippen molar-refractivity contribution < 1.29 is 37.0 Å². The van der Waals surface area contributed by atoms with Gasteiger partial charge < -0.3 is 14.7 Å². The van der Waals surface area contributed by atoms with E-state index >= 15 is 0 Å². The Balaban J connectivity index is 1.69. The summed E-state index contributed by atoms with van der Waals surface area (Å²) in [5.41, 5.74) is 7.11. The van der Waals surface area contributed by atoms with E-state index in [2.05, 4.69) is 54.7 Å². The number of allylic oxidation sites excluding steroid dienone is 4. The molecule has 0 spiro atoms. The number of carboxylic acid groups (broad SMARTS) is 1. The number of rotatable bonds is 11. The molecule has 3 aromatic carbocycles. The first-order valence-corrected chi connectivity index (χ1v) is 17.5. The molecule has 2 heterocycles. The fourth-order valence-corrected chi connectivity index (χ4v) is 7.42. The second kappa shape index (κ2) is 13.2. The van der Waals surface area contributed by atoms with Crippen LogP contribution in [0.4, 0.5) is 11.4 Å². The Kier molecular flexibility index (Phi) is 9.54. The monoisotopic (exact) mass is 671 g/mol. The van der Waals surface area contributed by atoms with Gasteiger partial charge >= 0.3 is 11.9 Å². The van der Waals surface area contributed by atoms with E-state index in [1.54, 1.807) is 18.2 Å². The molecule has 9 nitrogen and oxygen atoms in total. The number of hydrogen-bond acceptors (Lipinski definition) is 6. The summed E-state index contributed by atoms with van der Waals surface area (Å²) < 4.78 is 41.4. The van der Waals surface area contributed by atoms with Crippen molar-refractivity contribution in [1.82, 2.24) is 0 Å². The third-order valence-electron chi connectivity index (χ3n) is 9.60. The van der Waals surface area contributed by atoms with Gasteiger partial charge in [-0.1, -0.05) is 50.6 Å². The molecule has 0 bridgehead atoms. The summed E-state index contributed by atoms with van der Waals surface area (Å²) in [4.78, 5) is 25.4. The first-order chi connectivity index (χ1) is 22.6. The highest BCUT2D eigenvalue weighted by molar-refractivity contribution is 7.85. The third-order valence-corrected chi connectivity index (χ3v) is 10.4. The van der Waals surface area contributed by atoms with E-state index in [0.29, 0.717) is 24.9 Å². The molecule has 0 fully saturated rings. The topological polar surface area (TPSA) is 124 Å². The molecular formula is C38H43N2O7S+.